The highest BCUT2D eigenvalue weighted by molar-refractivity contribution is 5.75. The third-order valence-corrected chi connectivity index (χ3v) is 3.95. The molecule has 1 fully saturated rings. The monoisotopic (exact) mass is 290 g/mol. The van der Waals surface area contributed by atoms with Crippen LogP contribution in [0.1, 0.15) is 37.3 Å². The summed E-state index contributed by atoms with van der Waals surface area (Å²) >= 11 is 0. The number of piperidine rings is 1. The number of carbonyl (C=O) groups is 2. The van der Waals surface area contributed by atoms with Gasteiger partial charge in [-0.05, 0) is 37.3 Å². The number of benzene rings is 1. The predicted molar refractivity (Wildman–Crippen MR) is 80.0 cm³/mol. The molecule has 114 valence electrons. The zero-order valence-electron chi connectivity index (χ0n) is 12.3. The lowest BCUT2D eigenvalue weighted by Crippen LogP contribution is -2.47. The number of likely N-dealkylation sites (tertiary alicyclic amines) is 1. The zero-order valence-corrected chi connectivity index (χ0v) is 12.3. The molecule has 2 rings (SSSR count). The highest BCUT2D eigenvalue weighted by Gasteiger charge is 2.22. The number of carboxylic acids is 1. The van der Waals surface area contributed by atoms with E-state index in [0.717, 1.165) is 30.5 Å². The maximum atomic E-state index is 12.2. The Balaban J connectivity index is 1.96. The van der Waals surface area contributed by atoms with E-state index in [-0.39, 0.29) is 18.5 Å². The van der Waals surface area contributed by atoms with E-state index in [1.54, 1.807) is 6.07 Å². The van der Waals surface area contributed by atoms with Gasteiger partial charge in [0.05, 0.1) is 6.42 Å². The number of nitrogens with zero attached hydrogens (tertiary/aromatic N) is 1. The van der Waals surface area contributed by atoms with Crippen LogP contribution >= 0.6 is 0 Å². The second kappa shape index (κ2) is 7.11. The van der Waals surface area contributed by atoms with Gasteiger partial charge in [-0.1, -0.05) is 24.3 Å². The third-order valence-electron chi connectivity index (χ3n) is 3.95. The first-order valence-electron chi connectivity index (χ1n) is 7.41. The van der Waals surface area contributed by atoms with Crippen molar-refractivity contribution in [2.45, 2.75) is 45.2 Å². The summed E-state index contributed by atoms with van der Waals surface area (Å²) in [5.74, 6) is -0.863. The lowest BCUT2D eigenvalue weighted by molar-refractivity contribution is -0.136. The van der Waals surface area contributed by atoms with Gasteiger partial charge in [0.25, 0.3) is 0 Å². The minimum absolute atomic E-state index is 0.0217. The van der Waals surface area contributed by atoms with E-state index < -0.39 is 5.97 Å². The van der Waals surface area contributed by atoms with E-state index in [2.05, 4.69) is 12.2 Å². The van der Waals surface area contributed by atoms with Gasteiger partial charge < -0.3 is 15.3 Å². The van der Waals surface area contributed by atoms with Gasteiger partial charge in [-0.25, -0.2) is 4.79 Å². The molecule has 2 amide bonds. The van der Waals surface area contributed by atoms with Crippen molar-refractivity contribution < 1.29 is 14.7 Å². The summed E-state index contributed by atoms with van der Waals surface area (Å²) in [5, 5.41) is 11.8. The summed E-state index contributed by atoms with van der Waals surface area (Å²) < 4.78 is 0. The fourth-order valence-corrected chi connectivity index (χ4v) is 2.74. The van der Waals surface area contributed by atoms with E-state index >= 15 is 0 Å². The molecule has 0 radical (unpaired) electrons. The number of nitrogens with one attached hydrogen (secondary N) is 1. The van der Waals surface area contributed by atoms with Gasteiger partial charge in [-0.3, -0.25) is 4.79 Å². The standard InChI is InChI=1S/C16H22N2O3/c1-12-6-4-5-9-18(12)16(21)17-11-14-8-3-2-7-13(14)10-15(19)20/h2-3,7-8,12H,4-6,9-11H2,1H3,(H,17,21)(H,19,20). The summed E-state index contributed by atoms with van der Waals surface area (Å²) in [6.07, 6.45) is 3.24. The Hall–Kier alpha value is -2.04. The summed E-state index contributed by atoms with van der Waals surface area (Å²) in [6, 6.07) is 7.53. The molecular weight excluding hydrogens is 268 g/mol. The van der Waals surface area contributed by atoms with Crippen LogP contribution < -0.4 is 5.32 Å². The topological polar surface area (TPSA) is 69.6 Å². The van der Waals surface area contributed by atoms with Crippen LogP contribution in [0.5, 0.6) is 0 Å². The van der Waals surface area contributed by atoms with Gasteiger partial charge in [0.2, 0.25) is 0 Å². The van der Waals surface area contributed by atoms with Crippen LogP contribution in [0.15, 0.2) is 24.3 Å². The average Bonchev–Trinajstić information content (AvgIpc) is 2.46. The van der Waals surface area contributed by atoms with E-state index in [1.165, 1.54) is 6.42 Å². The smallest absolute Gasteiger partial charge is 0.317 e. The van der Waals surface area contributed by atoms with Crippen molar-refractivity contribution in [3.8, 4) is 0 Å². The molecule has 0 bridgehead atoms. The number of carbonyl (C=O) groups excluding carboxylic acids is 1. The first-order chi connectivity index (χ1) is 10.1. The minimum Gasteiger partial charge on any atom is -0.481 e. The first-order valence-corrected chi connectivity index (χ1v) is 7.41. The fraction of sp³-hybridized carbons (Fsp3) is 0.500. The number of urea groups is 1. The van der Waals surface area contributed by atoms with E-state index in [0.29, 0.717) is 6.54 Å². The summed E-state index contributed by atoms with van der Waals surface area (Å²) in [6.45, 7) is 3.23. The maximum Gasteiger partial charge on any atom is 0.317 e. The van der Waals surface area contributed by atoms with Crippen LogP contribution in [0.2, 0.25) is 0 Å². The minimum atomic E-state index is -0.863. The Morgan fingerprint density at radius 2 is 2.00 bits per heavy atom. The molecule has 5 nitrogen and oxygen atoms in total. The molecule has 5 heteroatoms. The number of carboxylic acid groups (broad SMARTS) is 1. The Labute approximate surface area is 125 Å². The Morgan fingerprint density at radius 1 is 1.29 bits per heavy atom. The van der Waals surface area contributed by atoms with Gasteiger partial charge in [-0.15, -0.1) is 0 Å². The molecule has 0 aliphatic carbocycles. The van der Waals surface area contributed by atoms with Crippen molar-refractivity contribution in [2.75, 3.05) is 6.54 Å². The molecule has 21 heavy (non-hydrogen) atoms. The quantitative estimate of drug-likeness (QED) is 0.894. The first kappa shape index (κ1) is 15.4. The highest BCUT2D eigenvalue weighted by atomic mass is 16.4. The zero-order chi connectivity index (χ0) is 15.2. The number of hydrogen-bond acceptors (Lipinski definition) is 2. The van der Waals surface area contributed by atoms with Crippen LogP contribution in [0.4, 0.5) is 4.79 Å². The molecule has 1 saturated heterocycles. The van der Waals surface area contributed by atoms with Crippen LogP contribution in [0.25, 0.3) is 0 Å². The summed E-state index contributed by atoms with van der Waals surface area (Å²) in [7, 11) is 0. The van der Waals surface area contributed by atoms with Gasteiger partial charge in [0.15, 0.2) is 0 Å². The molecule has 0 spiro atoms. The maximum absolute atomic E-state index is 12.2. The van der Waals surface area contributed by atoms with Gasteiger partial charge >= 0.3 is 12.0 Å². The molecular formula is C16H22N2O3. The Bertz CT molecular complexity index is 516. The molecule has 1 heterocycles. The molecule has 0 saturated carbocycles. The van der Waals surface area contributed by atoms with Crippen LogP contribution in [-0.2, 0) is 17.8 Å². The van der Waals surface area contributed by atoms with E-state index in [9.17, 15) is 9.59 Å². The fourth-order valence-electron chi connectivity index (χ4n) is 2.74. The number of rotatable bonds is 4. The highest BCUT2D eigenvalue weighted by Crippen LogP contribution is 2.16. The van der Waals surface area contributed by atoms with Gasteiger partial charge in [0.1, 0.15) is 0 Å². The molecule has 1 aromatic carbocycles. The van der Waals surface area contributed by atoms with E-state index in [1.807, 2.05) is 23.1 Å². The molecule has 2 N–H and O–H groups in total. The van der Waals surface area contributed by atoms with Crippen molar-refractivity contribution in [1.29, 1.82) is 0 Å². The lowest BCUT2D eigenvalue weighted by atomic mass is 10.0. The predicted octanol–water partition coefficient (Wildman–Crippen LogP) is 2.40. The second-order valence-corrected chi connectivity index (χ2v) is 5.54. The molecule has 1 aliphatic rings. The van der Waals surface area contributed by atoms with Crippen molar-refractivity contribution in [3.05, 3.63) is 35.4 Å². The van der Waals surface area contributed by atoms with Crippen LogP contribution in [0, 0.1) is 0 Å². The van der Waals surface area contributed by atoms with Crippen molar-refractivity contribution in [3.63, 3.8) is 0 Å². The molecule has 1 unspecified atom stereocenters. The van der Waals surface area contributed by atoms with Crippen LogP contribution in [0.3, 0.4) is 0 Å². The number of hydrogen-bond donors (Lipinski definition) is 2. The average molecular weight is 290 g/mol. The van der Waals surface area contributed by atoms with Gasteiger partial charge in [0, 0.05) is 19.1 Å². The molecule has 1 aliphatic heterocycles. The van der Waals surface area contributed by atoms with Crippen molar-refractivity contribution in [1.82, 2.24) is 10.2 Å². The Kier molecular flexibility index (Phi) is 5.20. The second-order valence-electron chi connectivity index (χ2n) is 5.54. The van der Waals surface area contributed by atoms with E-state index in [4.69, 9.17) is 5.11 Å². The van der Waals surface area contributed by atoms with Gasteiger partial charge in [-0.2, -0.15) is 0 Å². The normalized spacial score (nSPS) is 18.3. The number of aliphatic carboxylic acids is 1. The molecule has 1 atom stereocenters. The molecule has 0 aromatic heterocycles. The largest absolute Gasteiger partial charge is 0.481 e. The Morgan fingerprint density at radius 3 is 2.67 bits per heavy atom. The lowest BCUT2D eigenvalue weighted by Gasteiger charge is -2.33. The third kappa shape index (κ3) is 4.21. The SMILES string of the molecule is CC1CCCCN1C(=O)NCc1ccccc1CC(=O)O. The summed E-state index contributed by atoms with van der Waals surface area (Å²) in [4.78, 5) is 24.9. The van der Waals surface area contributed by atoms with Crippen molar-refractivity contribution in [2.24, 2.45) is 0 Å². The summed E-state index contributed by atoms with van der Waals surface area (Å²) in [5.41, 5.74) is 1.61. The van der Waals surface area contributed by atoms with Crippen molar-refractivity contribution >= 4 is 12.0 Å². The van der Waals surface area contributed by atoms with Crippen LogP contribution in [-0.4, -0.2) is 34.6 Å². The number of amides is 2. The molecule has 1 aromatic rings.